The third kappa shape index (κ3) is 3.23. The van der Waals surface area contributed by atoms with Crippen LogP contribution in [0.4, 0.5) is 5.69 Å². The summed E-state index contributed by atoms with van der Waals surface area (Å²) in [6.07, 6.45) is 4.27. The number of carbonyl (C=O) groups excluding carboxylic acids is 1. The average molecular weight is 378 g/mol. The van der Waals surface area contributed by atoms with Gasteiger partial charge in [0.1, 0.15) is 5.75 Å². The molecule has 4 rings (SSSR count). The lowest BCUT2D eigenvalue weighted by Gasteiger charge is -2.18. The maximum absolute atomic E-state index is 12.4. The fraction of sp³-hybridized carbons (Fsp3) is 0.200. The maximum Gasteiger partial charge on any atom is 0.262 e. The molecule has 1 aliphatic heterocycles. The van der Waals surface area contributed by atoms with Crippen molar-refractivity contribution >= 4 is 37.9 Å². The van der Waals surface area contributed by atoms with E-state index in [1.807, 2.05) is 22.2 Å². The molecule has 0 atom stereocenters. The largest absolute Gasteiger partial charge is 0.482 e. The van der Waals surface area contributed by atoms with Crippen molar-refractivity contribution in [1.29, 1.82) is 0 Å². The van der Waals surface area contributed by atoms with Crippen LogP contribution in [0.3, 0.4) is 0 Å². The van der Waals surface area contributed by atoms with Crippen molar-refractivity contribution in [2.24, 2.45) is 0 Å². The van der Waals surface area contributed by atoms with Gasteiger partial charge >= 0.3 is 0 Å². The first kappa shape index (κ1) is 16.1. The normalized spacial score (nSPS) is 14.2. The van der Waals surface area contributed by atoms with E-state index in [1.165, 1.54) is 29.5 Å². The highest BCUT2D eigenvalue weighted by molar-refractivity contribution is 7.89. The van der Waals surface area contributed by atoms with E-state index in [-0.39, 0.29) is 24.0 Å². The van der Waals surface area contributed by atoms with Crippen molar-refractivity contribution in [3.63, 3.8) is 0 Å². The molecule has 3 aromatic rings. The molecule has 0 spiro atoms. The van der Waals surface area contributed by atoms with Crippen molar-refractivity contribution in [3.8, 4) is 5.75 Å². The van der Waals surface area contributed by atoms with Crippen LogP contribution in [0.5, 0.6) is 5.75 Å². The average Bonchev–Trinajstić information content (AvgIpc) is 3.15. The van der Waals surface area contributed by atoms with Crippen LogP contribution in [-0.4, -0.2) is 36.9 Å². The van der Waals surface area contributed by atoms with Gasteiger partial charge in [-0.3, -0.25) is 9.20 Å². The lowest BCUT2D eigenvalue weighted by Crippen LogP contribution is -2.28. The van der Waals surface area contributed by atoms with Crippen LogP contribution in [0.1, 0.15) is 5.69 Å². The first-order valence-corrected chi connectivity index (χ1v) is 9.85. The van der Waals surface area contributed by atoms with Crippen LogP contribution in [0.2, 0.25) is 0 Å². The van der Waals surface area contributed by atoms with Gasteiger partial charge in [0.15, 0.2) is 11.6 Å². The van der Waals surface area contributed by atoms with E-state index in [1.54, 1.807) is 0 Å². The second-order valence-electron chi connectivity index (χ2n) is 5.47. The third-order valence-corrected chi connectivity index (χ3v) is 5.94. The predicted octanol–water partition coefficient (Wildman–Crippen LogP) is 1.25. The number of hydrogen-bond acceptors (Lipinski definition) is 6. The molecule has 0 saturated heterocycles. The number of benzene rings is 1. The van der Waals surface area contributed by atoms with Crippen molar-refractivity contribution < 1.29 is 17.9 Å². The molecule has 2 aromatic heterocycles. The lowest BCUT2D eigenvalue weighted by atomic mass is 10.2. The SMILES string of the molecule is O=C1COc2ccc(S(=O)(=O)NCCc3cn4ccsc4n3)cc2N1. The zero-order chi connectivity index (χ0) is 17.4. The molecule has 10 heteroatoms. The lowest BCUT2D eigenvalue weighted by molar-refractivity contribution is -0.118. The maximum atomic E-state index is 12.4. The predicted molar refractivity (Wildman–Crippen MR) is 92.5 cm³/mol. The van der Waals surface area contributed by atoms with Gasteiger partial charge in [0.25, 0.3) is 5.91 Å². The molecular formula is C15H14N4O4S2. The molecule has 1 aromatic carbocycles. The highest BCUT2D eigenvalue weighted by Gasteiger charge is 2.20. The number of aromatic nitrogens is 2. The van der Waals surface area contributed by atoms with Gasteiger partial charge in [-0.1, -0.05) is 0 Å². The Morgan fingerprint density at radius 2 is 2.28 bits per heavy atom. The Bertz CT molecular complexity index is 1030. The first-order chi connectivity index (χ1) is 12.0. The molecule has 2 N–H and O–H groups in total. The minimum atomic E-state index is -3.69. The topological polar surface area (TPSA) is 102 Å². The zero-order valence-corrected chi connectivity index (χ0v) is 14.6. The number of fused-ring (bicyclic) bond motifs is 2. The Morgan fingerprint density at radius 1 is 1.40 bits per heavy atom. The van der Waals surface area contributed by atoms with Gasteiger partial charge in [0.05, 0.1) is 16.3 Å². The molecule has 8 nitrogen and oxygen atoms in total. The van der Waals surface area contributed by atoms with Crippen LogP contribution in [0.25, 0.3) is 4.96 Å². The Labute approximate surface area is 147 Å². The molecule has 3 heterocycles. The second kappa shape index (κ2) is 6.14. The number of hydrogen-bond donors (Lipinski definition) is 2. The Balaban J connectivity index is 1.45. The van der Waals surface area contributed by atoms with Crippen LogP contribution in [0.15, 0.2) is 40.9 Å². The fourth-order valence-corrected chi connectivity index (χ4v) is 4.30. The van der Waals surface area contributed by atoms with Crippen LogP contribution < -0.4 is 14.8 Å². The van der Waals surface area contributed by atoms with Gasteiger partial charge in [-0.2, -0.15) is 0 Å². The number of imidazole rings is 1. The standard InChI is InChI=1S/C15H14N4O4S2/c20-14-9-23-13-2-1-11(7-12(13)18-14)25(21,22)16-4-3-10-8-19-5-6-24-15(19)17-10/h1-2,5-8,16H,3-4,9H2,(H,18,20). The van der Waals surface area contributed by atoms with Crippen LogP contribution >= 0.6 is 11.3 Å². The number of nitrogens with zero attached hydrogens (tertiary/aromatic N) is 2. The van der Waals surface area contributed by atoms with Gasteiger partial charge in [0, 0.05) is 30.7 Å². The number of thiazole rings is 1. The van der Waals surface area contributed by atoms with Crippen LogP contribution in [-0.2, 0) is 21.2 Å². The Hall–Kier alpha value is -2.43. The summed E-state index contributed by atoms with van der Waals surface area (Å²) in [5.41, 5.74) is 1.18. The summed E-state index contributed by atoms with van der Waals surface area (Å²) in [4.78, 5) is 16.7. The molecule has 25 heavy (non-hydrogen) atoms. The number of nitrogens with one attached hydrogen (secondary N) is 2. The second-order valence-corrected chi connectivity index (χ2v) is 8.11. The summed E-state index contributed by atoms with van der Waals surface area (Å²) in [6.45, 7) is 0.159. The van der Waals surface area contributed by atoms with E-state index in [2.05, 4.69) is 15.0 Å². The van der Waals surface area contributed by atoms with Crippen molar-refractivity contribution in [1.82, 2.24) is 14.1 Å². The van der Waals surface area contributed by atoms with Crippen molar-refractivity contribution in [2.45, 2.75) is 11.3 Å². The van der Waals surface area contributed by atoms with E-state index in [0.717, 1.165) is 10.7 Å². The molecule has 0 saturated carbocycles. The number of amides is 1. The first-order valence-electron chi connectivity index (χ1n) is 7.49. The number of ether oxygens (including phenoxy) is 1. The summed E-state index contributed by atoms with van der Waals surface area (Å²) in [5.74, 6) is 0.145. The number of sulfonamides is 1. The van der Waals surface area contributed by atoms with E-state index in [9.17, 15) is 13.2 Å². The molecule has 0 aliphatic carbocycles. The summed E-state index contributed by atoms with van der Waals surface area (Å²) in [6, 6.07) is 4.37. The quantitative estimate of drug-likeness (QED) is 0.696. The molecule has 0 fully saturated rings. The molecule has 130 valence electrons. The monoisotopic (exact) mass is 378 g/mol. The minimum absolute atomic E-state index is 0.0700. The summed E-state index contributed by atoms with van der Waals surface area (Å²) < 4.78 is 34.5. The molecular weight excluding hydrogens is 364 g/mol. The summed E-state index contributed by atoms with van der Waals surface area (Å²) in [7, 11) is -3.69. The highest BCUT2D eigenvalue weighted by Crippen LogP contribution is 2.29. The number of anilines is 1. The smallest absolute Gasteiger partial charge is 0.262 e. The Morgan fingerprint density at radius 3 is 3.12 bits per heavy atom. The van der Waals surface area contributed by atoms with Gasteiger partial charge in [-0.05, 0) is 18.2 Å². The minimum Gasteiger partial charge on any atom is -0.482 e. The Kier molecular flexibility index (Phi) is 3.94. The van der Waals surface area contributed by atoms with E-state index in [4.69, 9.17) is 4.74 Å². The van der Waals surface area contributed by atoms with Gasteiger partial charge in [0.2, 0.25) is 10.0 Å². The number of rotatable bonds is 5. The molecule has 0 bridgehead atoms. The van der Waals surface area contributed by atoms with E-state index >= 15 is 0 Å². The summed E-state index contributed by atoms with van der Waals surface area (Å²) in [5, 5.41) is 4.54. The van der Waals surface area contributed by atoms with Crippen molar-refractivity contribution in [2.75, 3.05) is 18.5 Å². The summed E-state index contributed by atoms with van der Waals surface area (Å²) >= 11 is 1.52. The third-order valence-electron chi connectivity index (χ3n) is 3.71. The van der Waals surface area contributed by atoms with Crippen LogP contribution in [0, 0.1) is 0 Å². The zero-order valence-electron chi connectivity index (χ0n) is 12.9. The fourth-order valence-electron chi connectivity index (χ4n) is 2.52. The molecule has 0 unspecified atom stereocenters. The van der Waals surface area contributed by atoms with E-state index in [0.29, 0.717) is 17.9 Å². The van der Waals surface area contributed by atoms with E-state index < -0.39 is 10.0 Å². The highest BCUT2D eigenvalue weighted by atomic mass is 32.2. The van der Waals surface area contributed by atoms with Crippen molar-refractivity contribution in [3.05, 3.63) is 41.7 Å². The van der Waals surface area contributed by atoms with Gasteiger partial charge in [-0.25, -0.2) is 18.1 Å². The van der Waals surface area contributed by atoms with Gasteiger partial charge < -0.3 is 10.1 Å². The molecule has 1 aliphatic rings. The molecule has 0 radical (unpaired) electrons. The number of carbonyl (C=O) groups is 1. The molecule has 1 amide bonds. The van der Waals surface area contributed by atoms with Gasteiger partial charge in [-0.15, -0.1) is 11.3 Å².